The summed E-state index contributed by atoms with van der Waals surface area (Å²) in [6.45, 7) is 5.88. The number of hydrogen-bond donors (Lipinski definition) is 0. The molecule has 0 saturated heterocycles. The van der Waals surface area contributed by atoms with E-state index in [1.54, 1.807) is 6.92 Å². The molecule has 1 aromatic rings. The maximum atomic E-state index is 11.1. The van der Waals surface area contributed by atoms with Gasteiger partial charge in [0.2, 0.25) is 0 Å². The minimum atomic E-state index is -0.215. The van der Waals surface area contributed by atoms with Crippen molar-refractivity contribution in [2.75, 3.05) is 0 Å². The molecule has 0 fully saturated rings. The molecule has 2 heteroatoms. The Morgan fingerprint density at radius 2 is 2.17 bits per heavy atom. The Bertz CT molecular complexity index is 312. The van der Waals surface area contributed by atoms with Crippen molar-refractivity contribution < 1.29 is 4.42 Å². The van der Waals surface area contributed by atoms with E-state index in [1.807, 2.05) is 19.1 Å². The van der Waals surface area contributed by atoms with Crippen molar-refractivity contribution in [1.29, 1.82) is 0 Å². The molecule has 0 N–H and O–H groups in total. The van der Waals surface area contributed by atoms with Crippen LogP contribution in [0.5, 0.6) is 0 Å². The van der Waals surface area contributed by atoms with E-state index in [2.05, 4.69) is 6.92 Å². The summed E-state index contributed by atoms with van der Waals surface area (Å²) in [5.41, 5.74) is 0.454. The highest BCUT2D eigenvalue weighted by Gasteiger charge is 2.06. The Labute approximate surface area is 72.2 Å². The molecule has 0 bridgehead atoms. The van der Waals surface area contributed by atoms with Gasteiger partial charge in [-0.3, -0.25) is 0 Å². The predicted octanol–water partition coefficient (Wildman–Crippen LogP) is 2.46. The third-order valence-electron chi connectivity index (χ3n) is 2.13. The van der Waals surface area contributed by atoms with Gasteiger partial charge in [0.15, 0.2) is 0 Å². The van der Waals surface area contributed by atoms with Crippen LogP contribution in [0.4, 0.5) is 0 Å². The van der Waals surface area contributed by atoms with Crippen molar-refractivity contribution >= 4 is 0 Å². The van der Waals surface area contributed by atoms with Gasteiger partial charge in [-0.25, -0.2) is 4.79 Å². The van der Waals surface area contributed by atoms with Crippen molar-refractivity contribution in [2.45, 2.75) is 33.1 Å². The van der Waals surface area contributed by atoms with E-state index in [0.29, 0.717) is 11.5 Å². The number of hydrogen-bond acceptors (Lipinski definition) is 2. The maximum absolute atomic E-state index is 11.1. The van der Waals surface area contributed by atoms with Crippen LogP contribution in [0.1, 0.15) is 37.5 Å². The third-order valence-corrected chi connectivity index (χ3v) is 2.13. The smallest absolute Gasteiger partial charge is 0.338 e. The van der Waals surface area contributed by atoms with Crippen LogP contribution in [0.15, 0.2) is 21.3 Å². The molecule has 0 spiro atoms. The van der Waals surface area contributed by atoms with Gasteiger partial charge in [0.25, 0.3) is 0 Å². The Morgan fingerprint density at radius 3 is 2.67 bits per heavy atom. The van der Waals surface area contributed by atoms with Crippen LogP contribution >= 0.6 is 0 Å². The lowest BCUT2D eigenvalue weighted by Gasteiger charge is -2.05. The molecule has 0 saturated carbocycles. The summed E-state index contributed by atoms with van der Waals surface area (Å²) in [4.78, 5) is 11.1. The van der Waals surface area contributed by atoms with Gasteiger partial charge in [-0.1, -0.05) is 13.8 Å². The summed E-state index contributed by atoms with van der Waals surface area (Å²) in [6, 6.07) is 3.69. The monoisotopic (exact) mass is 166 g/mol. The average molecular weight is 166 g/mol. The molecule has 0 aliphatic carbocycles. The second-order valence-corrected chi connectivity index (χ2v) is 3.12. The van der Waals surface area contributed by atoms with Crippen LogP contribution in [0.3, 0.4) is 0 Å². The first kappa shape index (κ1) is 9.04. The van der Waals surface area contributed by atoms with Gasteiger partial charge < -0.3 is 4.42 Å². The molecular weight excluding hydrogens is 152 g/mol. The van der Waals surface area contributed by atoms with E-state index in [4.69, 9.17) is 4.42 Å². The van der Waals surface area contributed by atoms with Crippen LogP contribution in [0.25, 0.3) is 0 Å². The zero-order valence-corrected chi connectivity index (χ0v) is 7.76. The fourth-order valence-electron chi connectivity index (χ4n) is 0.963. The molecule has 66 valence electrons. The molecule has 12 heavy (non-hydrogen) atoms. The standard InChI is InChI=1S/C10H14O2/c1-4-7(2)9-6-5-8(3)10(11)12-9/h5-7H,4H2,1-3H3. The fraction of sp³-hybridized carbons (Fsp3) is 0.500. The van der Waals surface area contributed by atoms with E-state index in [0.717, 1.165) is 12.2 Å². The van der Waals surface area contributed by atoms with E-state index in [9.17, 15) is 4.79 Å². The molecule has 0 aliphatic heterocycles. The highest BCUT2D eigenvalue weighted by Crippen LogP contribution is 2.16. The van der Waals surface area contributed by atoms with Gasteiger partial charge in [-0.2, -0.15) is 0 Å². The van der Waals surface area contributed by atoms with Gasteiger partial charge in [-0.05, 0) is 25.5 Å². The Morgan fingerprint density at radius 1 is 1.50 bits per heavy atom. The van der Waals surface area contributed by atoms with E-state index in [-0.39, 0.29) is 5.63 Å². The first-order valence-corrected chi connectivity index (χ1v) is 4.25. The van der Waals surface area contributed by atoms with Crippen molar-refractivity contribution in [3.8, 4) is 0 Å². The molecule has 1 rings (SSSR count). The molecule has 0 aromatic carbocycles. The van der Waals surface area contributed by atoms with Gasteiger partial charge in [0, 0.05) is 11.5 Å². The van der Waals surface area contributed by atoms with Crippen molar-refractivity contribution in [3.05, 3.63) is 33.9 Å². The van der Waals surface area contributed by atoms with E-state index >= 15 is 0 Å². The summed E-state index contributed by atoms with van der Waals surface area (Å²) < 4.78 is 5.11. The summed E-state index contributed by atoms with van der Waals surface area (Å²) >= 11 is 0. The minimum Gasteiger partial charge on any atom is -0.427 e. The zero-order chi connectivity index (χ0) is 9.14. The van der Waals surface area contributed by atoms with Gasteiger partial charge >= 0.3 is 5.63 Å². The molecule has 1 heterocycles. The minimum absolute atomic E-state index is 0.215. The van der Waals surface area contributed by atoms with Crippen LogP contribution in [-0.2, 0) is 0 Å². The Hall–Kier alpha value is -1.05. The first-order valence-electron chi connectivity index (χ1n) is 4.25. The van der Waals surface area contributed by atoms with Gasteiger partial charge in [-0.15, -0.1) is 0 Å². The topological polar surface area (TPSA) is 30.2 Å². The summed E-state index contributed by atoms with van der Waals surface area (Å²) in [5, 5.41) is 0. The van der Waals surface area contributed by atoms with Crippen LogP contribution in [0, 0.1) is 6.92 Å². The van der Waals surface area contributed by atoms with E-state index in [1.165, 1.54) is 0 Å². The maximum Gasteiger partial charge on any atom is 0.338 e. The highest BCUT2D eigenvalue weighted by atomic mass is 16.4. The molecule has 0 radical (unpaired) electrons. The predicted molar refractivity (Wildman–Crippen MR) is 48.4 cm³/mol. The normalized spacial score (nSPS) is 12.9. The van der Waals surface area contributed by atoms with Crippen molar-refractivity contribution in [1.82, 2.24) is 0 Å². The Kier molecular flexibility index (Phi) is 2.69. The van der Waals surface area contributed by atoms with E-state index < -0.39 is 0 Å². The second kappa shape index (κ2) is 3.57. The quantitative estimate of drug-likeness (QED) is 0.675. The number of rotatable bonds is 2. The van der Waals surface area contributed by atoms with Crippen LogP contribution in [-0.4, -0.2) is 0 Å². The number of aryl methyl sites for hydroxylation is 1. The molecule has 0 aliphatic rings. The van der Waals surface area contributed by atoms with Crippen LogP contribution in [0.2, 0.25) is 0 Å². The molecular formula is C10H14O2. The summed E-state index contributed by atoms with van der Waals surface area (Å²) in [7, 11) is 0. The van der Waals surface area contributed by atoms with Gasteiger partial charge in [0.05, 0.1) is 0 Å². The summed E-state index contributed by atoms with van der Waals surface area (Å²) in [6.07, 6.45) is 0.992. The van der Waals surface area contributed by atoms with Crippen molar-refractivity contribution in [3.63, 3.8) is 0 Å². The SMILES string of the molecule is CCC(C)c1ccc(C)c(=O)o1. The average Bonchev–Trinajstić information content (AvgIpc) is 2.08. The fourth-order valence-corrected chi connectivity index (χ4v) is 0.963. The van der Waals surface area contributed by atoms with Crippen molar-refractivity contribution in [2.24, 2.45) is 0 Å². The molecule has 0 amide bonds. The molecule has 2 nitrogen and oxygen atoms in total. The largest absolute Gasteiger partial charge is 0.427 e. The molecule has 1 atom stereocenters. The molecule has 1 aromatic heterocycles. The lowest BCUT2D eigenvalue weighted by Crippen LogP contribution is -2.05. The second-order valence-electron chi connectivity index (χ2n) is 3.12. The lowest BCUT2D eigenvalue weighted by atomic mass is 10.1. The highest BCUT2D eigenvalue weighted by molar-refractivity contribution is 5.11. The zero-order valence-electron chi connectivity index (χ0n) is 7.76. The van der Waals surface area contributed by atoms with Crippen LogP contribution < -0.4 is 5.63 Å². The third kappa shape index (κ3) is 1.76. The summed E-state index contributed by atoms with van der Waals surface area (Å²) in [5.74, 6) is 1.12. The first-order chi connectivity index (χ1) is 5.65. The lowest BCUT2D eigenvalue weighted by molar-refractivity contribution is 0.423. The van der Waals surface area contributed by atoms with Gasteiger partial charge in [0.1, 0.15) is 5.76 Å². The molecule has 1 unspecified atom stereocenters. The Balaban J connectivity index is 3.05.